The van der Waals surface area contributed by atoms with Gasteiger partial charge in [-0.2, -0.15) is 0 Å². The van der Waals surface area contributed by atoms with Gasteiger partial charge in [-0.15, -0.1) is 10.2 Å². The van der Waals surface area contributed by atoms with E-state index in [-0.39, 0.29) is 29.6 Å². The highest BCUT2D eigenvalue weighted by atomic mass is 19.1. The second-order valence-electron chi connectivity index (χ2n) is 9.15. The van der Waals surface area contributed by atoms with Gasteiger partial charge in [-0.25, -0.2) is 4.39 Å². The van der Waals surface area contributed by atoms with Crippen molar-refractivity contribution in [2.75, 3.05) is 39.4 Å². The van der Waals surface area contributed by atoms with E-state index >= 15 is 0 Å². The maximum absolute atomic E-state index is 13.1. The lowest BCUT2D eigenvalue weighted by Gasteiger charge is -2.55. The van der Waals surface area contributed by atoms with Gasteiger partial charge in [0.1, 0.15) is 17.7 Å². The zero-order valence-electron chi connectivity index (χ0n) is 17.9. The van der Waals surface area contributed by atoms with Gasteiger partial charge in [0.05, 0.1) is 26.3 Å². The maximum atomic E-state index is 13.1. The molecule has 1 aromatic heterocycles. The van der Waals surface area contributed by atoms with E-state index in [1.165, 1.54) is 29.8 Å². The molecule has 6 rings (SSSR count). The third-order valence-corrected chi connectivity index (χ3v) is 6.40. The van der Waals surface area contributed by atoms with Crippen LogP contribution in [0.15, 0.2) is 52.9 Å². The van der Waals surface area contributed by atoms with Crippen LogP contribution in [0.2, 0.25) is 0 Å². The van der Waals surface area contributed by atoms with Crippen molar-refractivity contribution in [2.24, 2.45) is 5.41 Å². The molecule has 0 saturated carbocycles. The Morgan fingerprint density at radius 3 is 2.45 bits per heavy atom. The molecule has 1 amide bonds. The molecule has 8 nitrogen and oxygen atoms in total. The van der Waals surface area contributed by atoms with Crippen LogP contribution in [-0.2, 0) is 11.3 Å². The molecule has 0 N–H and O–H groups in total. The minimum Gasteiger partial charge on any atom is -0.487 e. The van der Waals surface area contributed by atoms with Crippen LogP contribution in [0.5, 0.6) is 5.75 Å². The highest BCUT2D eigenvalue weighted by Gasteiger charge is 2.48. The molecule has 3 aromatic rings. The van der Waals surface area contributed by atoms with Crippen LogP contribution >= 0.6 is 0 Å². The van der Waals surface area contributed by atoms with Gasteiger partial charge >= 0.3 is 11.8 Å². The predicted octanol–water partition coefficient (Wildman–Crippen LogP) is 2.61. The fourth-order valence-electron chi connectivity index (χ4n) is 4.54. The summed E-state index contributed by atoms with van der Waals surface area (Å²) in [7, 11) is 0. The molecule has 3 aliphatic heterocycles. The average Bonchev–Trinajstić information content (AvgIpc) is 3.23. The van der Waals surface area contributed by atoms with Crippen molar-refractivity contribution in [2.45, 2.75) is 12.6 Å². The number of carbonyl (C=O) groups is 1. The first-order chi connectivity index (χ1) is 16.1. The number of hydrogen-bond donors (Lipinski definition) is 0. The van der Waals surface area contributed by atoms with Crippen LogP contribution in [-0.4, -0.2) is 71.4 Å². The van der Waals surface area contributed by atoms with Crippen molar-refractivity contribution in [3.8, 4) is 17.2 Å². The third kappa shape index (κ3) is 3.98. The summed E-state index contributed by atoms with van der Waals surface area (Å²) in [6.45, 7) is 5.88. The lowest BCUT2D eigenvalue weighted by atomic mass is 9.78. The number of benzene rings is 2. The van der Waals surface area contributed by atoms with Crippen LogP contribution in [0.25, 0.3) is 11.5 Å². The molecule has 3 saturated heterocycles. The van der Waals surface area contributed by atoms with Gasteiger partial charge in [-0.3, -0.25) is 9.69 Å². The molecule has 4 heterocycles. The molecule has 0 aliphatic carbocycles. The lowest BCUT2D eigenvalue weighted by Crippen LogP contribution is -2.65. The molecule has 0 atom stereocenters. The van der Waals surface area contributed by atoms with Gasteiger partial charge in [0.2, 0.25) is 5.89 Å². The molecular formula is C24H23FN4O4. The van der Waals surface area contributed by atoms with Crippen molar-refractivity contribution in [3.05, 3.63) is 65.8 Å². The minimum absolute atomic E-state index is 0.0758. The number of nitrogens with zero attached hydrogens (tertiary/aromatic N) is 4. The number of rotatable bonds is 6. The summed E-state index contributed by atoms with van der Waals surface area (Å²) in [6.07, 6.45) is -0.0758. The summed E-state index contributed by atoms with van der Waals surface area (Å²) in [6, 6.07) is 13.8. The number of likely N-dealkylation sites (tertiary alicyclic amines) is 2. The maximum Gasteiger partial charge on any atom is 0.311 e. The van der Waals surface area contributed by atoms with Crippen molar-refractivity contribution >= 4 is 5.91 Å². The molecule has 33 heavy (non-hydrogen) atoms. The largest absolute Gasteiger partial charge is 0.487 e. The second-order valence-corrected chi connectivity index (χ2v) is 9.15. The Balaban J connectivity index is 0.979. The first-order valence-electron chi connectivity index (χ1n) is 11.0. The summed E-state index contributed by atoms with van der Waals surface area (Å²) in [5.41, 5.74) is 2.25. The summed E-state index contributed by atoms with van der Waals surface area (Å²) < 4.78 is 29.9. The molecule has 0 bridgehead atoms. The van der Waals surface area contributed by atoms with Crippen LogP contribution < -0.4 is 4.74 Å². The van der Waals surface area contributed by atoms with E-state index in [0.29, 0.717) is 24.1 Å². The van der Waals surface area contributed by atoms with Crippen molar-refractivity contribution in [1.82, 2.24) is 20.0 Å². The minimum atomic E-state index is -0.357. The fourth-order valence-corrected chi connectivity index (χ4v) is 4.54. The van der Waals surface area contributed by atoms with E-state index in [1.54, 1.807) is 4.90 Å². The van der Waals surface area contributed by atoms with Gasteiger partial charge in [0.25, 0.3) is 0 Å². The Bertz CT molecular complexity index is 1150. The number of hydrogen-bond acceptors (Lipinski definition) is 7. The van der Waals surface area contributed by atoms with Gasteiger partial charge in [0, 0.05) is 30.6 Å². The molecule has 3 fully saturated rings. The van der Waals surface area contributed by atoms with E-state index in [4.69, 9.17) is 13.9 Å². The Labute approximate surface area is 189 Å². The molecule has 1 spiro atoms. The number of ether oxygens (including phenoxy) is 2. The van der Waals surface area contributed by atoms with Gasteiger partial charge in [0.15, 0.2) is 0 Å². The lowest BCUT2D eigenvalue weighted by molar-refractivity contribution is -0.191. The second kappa shape index (κ2) is 7.93. The van der Waals surface area contributed by atoms with Gasteiger partial charge in [-0.05, 0) is 42.0 Å². The number of halogens is 1. The molecule has 2 aromatic carbocycles. The highest BCUT2D eigenvalue weighted by Crippen LogP contribution is 2.38. The molecular weight excluding hydrogens is 427 g/mol. The van der Waals surface area contributed by atoms with E-state index in [2.05, 4.69) is 27.2 Å². The van der Waals surface area contributed by atoms with Gasteiger partial charge in [-0.1, -0.05) is 12.1 Å². The average molecular weight is 450 g/mol. The number of carbonyl (C=O) groups excluding carboxylic acids is 1. The Morgan fingerprint density at radius 2 is 1.79 bits per heavy atom. The smallest absolute Gasteiger partial charge is 0.311 e. The fraction of sp³-hybridized carbons (Fsp3) is 0.375. The van der Waals surface area contributed by atoms with Crippen molar-refractivity contribution in [3.63, 3.8) is 0 Å². The Kier molecular flexibility index (Phi) is 4.88. The monoisotopic (exact) mass is 450 g/mol. The topological polar surface area (TPSA) is 80.9 Å². The third-order valence-electron chi connectivity index (χ3n) is 6.40. The van der Waals surface area contributed by atoms with E-state index in [1.807, 2.05) is 12.1 Å². The molecule has 9 heteroatoms. The molecule has 3 aliphatic rings. The van der Waals surface area contributed by atoms with Crippen LogP contribution in [0.4, 0.5) is 4.39 Å². The zero-order chi connectivity index (χ0) is 22.4. The van der Waals surface area contributed by atoms with Crippen LogP contribution in [0.1, 0.15) is 16.2 Å². The standard InChI is InChI=1S/C24H23FN4O4/c25-18-5-3-17(4-6-18)21-26-27-22(33-21)23(30)29-10-20(11-29)32-19-7-1-16(2-8-19)9-28-12-24(13-28)14-31-15-24/h1-8,20H,9-15H2. The Hall–Kier alpha value is -3.30. The first-order valence-corrected chi connectivity index (χ1v) is 11.0. The van der Waals surface area contributed by atoms with E-state index < -0.39 is 0 Å². The number of amides is 1. The molecule has 170 valence electrons. The van der Waals surface area contributed by atoms with Crippen molar-refractivity contribution in [1.29, 1.82) is 0 Å². The quantitative estimate of drug-likeness (QED) is 0.571. The predicted molar refractivity (Wildman–Crippen MR) is 115 cm³/mol. The van der Waals surface area contributed by atoms with Crippen molar-refractivity contribution < 1.29 is 23.1 Å². The summed E-state index contributed by atoms with van der Waals surface area (Å²) in [5.74, 6) is 0.193. The SMILES string of the molecule is O=C(c1nnc(-c2ccc(F)cc2)o1)N1CC(Oc2ccc(CN3CC4(COC4)C3)cc2)C1. The van der Waals surface area contributed by atoms with Crippen LogP contribution in [0.3, 0.4) is 0 Å². The number of aromatic nitrogens is 2. The molecule has 0 radical (unpaired) electrons. The van der Waals surface area contributed by atoms with Crippen LogP contribution in [0, 0.1) is 11.2 Å². The normalized spacial score (nSPS) is 19.6. The summed E-state index contributed by atoms with van der Waals surface area (Å²) >= 11 is 0. The zero-order valence-corrected chi connectivity index (χ0v) is 17.9. The summed E-state index contributed by atoms with van der Waals surface area (Å²) in [5, 5.41) is 7.73. The first kappa shape index (κ1) is 20.3. The molecule has 0 unspecified atom stereocenters. The highest BCUT2D eigenvalue weighted by molar-refractivity contribution is 5.90. The van der Waals surface area contributed by atoms with E-state index in [9.17, 15) is 9.18 Å². The van der Waals surface area contributed by atoms with E-state index in [0.717, 1.165) is 38.6 Å². The van der Waals surface area contributed by atoms with Gasteiger partial charge < -0.3 is 18.8 Å². The Morgan fingerprint density at radius 1 is 1.06 bits per heavy atom. The summed E-state index contributed by atoms with van der Waals surface area (Å²) in [4.78, 5) is 16.6.